The number of nitrogens with zero attached hydrogens (tertiary/aromatic N) is 3. The Balaban J connectivity index is 1.87. The van der Waals surface area contributed by atoms with Crippen LogP contribution in [0.3, 0.4) is 0 Å². The summed E-state index contributed by atoms with van der Waals surface area (Å²) in [4.78, 5) is 25.6. The monoisotopic (exact) mass is 445 g/mol. The van der Waals surface area contributed by atoms with Gasteiger partial charge in [-0.1, -0.05) is 23.1 Å². The molecule has 0 spiro atoms. The molecule has 150 valence electrons. The standard InChI is InChI=1S/C19H19N5O2S3/c1-9-5-6-27-17(9)16-13(7-20)18(21-10(2)15(16)11(3)25)28-8-14(26)22-19-24-23-12(4)29-19/h5-6,16,21H,8H2,1-4H3,(H,22,24,26). The first-order chi connectivity index (χ1) is 13.8. The first kappa shape index (κ1) is 21.2. The Bertz CT molecular complexity index is 1070. The van der Waals surface area contributed by atoms with Gasteiger partial charge in [0.25, 0.3) is 0 Å². The number of allylic oxidation sites excluding steroid dienone is 3. The molecule has 0 bridgehead atoms. The van der Waals surface area contributed by atoms with Gasteiger partial charge in [-0.25, -0.2) is 0 Å². The molecule has 29 heavy (non-hydrogen) atoms. The van der Waals surface area contributed by atoms with Crippen molar-refractivity contribution in [2.45, 2.75) is 33.6 Å². The van der Waals surface area contributed by atoms with Crippen molar-refractivity contribution >= 4 is 51.3 Å². The summed E-state index contributed by atoms with van der Waals surface area (Å²) in [5.74, 6) is -0.630. The predicted molar refractivity (Wildman–Crippen MR) is 117 cm³/mol. The lowest BCUT2D eigenvalue weighted by Crippen LogP contribution is -2.27. The second kappa shape index (κ2) is 8.90. The van der Waals surface area contributed by atoms with Crippen molar-refractivity contribution in [1.29, 1.82) is 5.26 Å². The minimum atomic E-state index is -0.421. The van der Waals surface area contributed by atoms with Gasteiger partial charge in [0.1, 0.15) is 5.01 Å². The molecular weight excluding hydrogens is 426 g/mol. The number of anilines is 1. The second-order valence-electron chi connectivity index (χ2n) is 6.44. The van der Waals surface area contributed by atoms with E-state index in [0.717, 1.165) is 15.4 Å². The average Bonchev–Trinajstić information content (AvgIpc) is 3.26. The predicted octanol–water partition coefficient (Wildman–Crippen LogP) is 3.87. The van der Waals surface area contributed by atoms with Gasteiger partial charge in [0.2, 0.25) is 11.0 Å². The Hall–Kier alpha value is -2.48. The highest BCUT2D eigenvalue weighted by Crippen LogP contribution is 2.43. The van der Waals surface area contributed by atoms with E-state index in [9.17, 15) is 14.9 Å². The van der Waals surface area contributed by atoms with Gasteiger partial charge in [-0.3, -0.25) is 14.9 Å². The summed E-state index contributed by atoms with van der Waals surface area (Å²) in [5, 5.41) is 27.3. The third kappa shape index (κ3) is 4.58. The minimum Gasteiger partial charge on any atom is -0.353 e. The maximum absolute atomic E-state index is 12.4. The van der Waals surface area contributed by atoms with Gasteiger partial charge in [-0.05, 0) is 44.7 Å². The molecule has 1 amide bonds. The number of nitriles is 1. The first-order valence-corrected chi connectivity index (χ1v) is 11.4. The Kier molecular flexibility index (Phi) is 6.52. The van der Waals surface area contributed by atoms with Crippen LogP contribution in [0.25, 0.3) is 0 Å². The van der Waals surface area contributed by atoms with Crippen LogP contribution in [0.5, 0.6) is 0 Å². The van der Waals surface area contributed by atoms with E-state index < -0.39 is 5.92 Å². The van der Waals surface area contributed by atoms with Crippen LogP contribution in [-0.2, 0) is 9.59 Å². The van der Waals surface area contributed by atoms with Crippen molar-refractivity contribution in [3.8, 4) is 6.07 Å². The summed E-state index contributed by atoms with van der Waals surface area (Å²) in [7, 11) is 0. The van der Waals surface area contributed by atoms with Gasteiger partial charge in [0, 0.05) is 16.1 Å². The van der Waals surface area contributed by atoms with Crippen LogP contribution in [-0.4, -0.2) is 27.6 Å². The van der Waals surface area contributed by atoms with Crippen LogP contribution >= 0.6 is 34.4 Å². The number of Topliss-reactive ketones (excluding diaryl/α,β-unsaturated/α-hetero) is 1. The molecule has 1 aliphatic heterocycles. The molecule has 1 atom stereocenters. The van der Waals surface area contributed by atoms with E-state index in [0.29, 0.717) is 27.0 Å². The van der Waals surface area contributed by atoms with E-state index in [1.165, 1.54) is 41.4 Å². The number of carbonyl (C=O) groups excluding carboxylic acids is 2. The number of rotatable bonds is 6. The highest BCUT2D eigenvalue weighted by Gasteiger charge is 2.34. The van der Waals surface area contributed by atoms with Crippen LogP contribution < -0.4 is 10.6 Å². The summed E-state index contributed by atoms with van der Waals surface area (Å²) in [6, 6.07) is 4.25. The summed E-state index contributed by atoms with van der Waals surface area (Å²) in [6.45, 7) is 7.12. The van der Waals surface area contributed by atoms with Gasteiger partial charge in [-0.2, -0.15) is 5.26 Å². The van der Waals surface area contributed by atoms with Crippen LogP contribution in [0.1, 0.15) is 35.2 Å². The molecule has 0 aromatic carbocycles. The molecule has 3 rings (SSSR count). The quantitative estimate of drug-likeness (QED) is 0.695. The number of ketones is 1. The van der Waals surface area contributed by atoms with Gasteiger partial charge >= 0.3 is 0 Å². The lowest BCUT2D eigenvalue weighted by Gasteiger charge is -2.28. The molecule has 0 aliphatic carbocycles. The van der Waals surface area contributed by atoms with Gasteiger partial charge < -0.3 is 5.32 Å². The molecule has 7 nitrogen and oxygen atoms in total. The zero-order valence-corrected chi connectivity index (χ0v) is 18.8. The summed E-state index contributed by atoms with van der Waals surface area (Å²) in [5.41, 5.74) is 2.79. The smallest absolute Gasteiger partial charge is 0.236 e. The molecule has 0 saturated carbocycles. The number of thioether (sulfide) groups is 1. The maximum atomic E-state index is 12.4. The highest BCUT2D eigenvalue weighted by atomic mass is 32.2. The molecule has 0 saturated heterocycles. The Labute approximate surface area is 180 Å². The fourth-order valence-electron chi connectivity index (χ4n) is 3.08. The topological polar surface area (TPSA) is 108 Å². The summed E-state index contributed by atoms with van der Waals surface area (Å²) in [6.07, 6.45) is 0. The van der Waals surface area contributed by atoms with Crippen molar-refractivity contribution in [2.75, 3.05) is 11.1 Å². The number of amides is 1. The third-order valence-corrected chi connectivity index (χ3v) is 7.17. The van der Waals surface area contributed by atoms with E-state index in [1.54, 1.807) is 0 Å². The number of dihydropyridines is 1. The lowest BCUT2D eigenvalue weighted by atomic mass is 9.84. The highest BCUT2D eigenvalue weighted by molar-refractivity contribution is 8.03. The lowest BCUT2D eigenvalue weighted by molar-refractivity contribution is -0.114. The zero-order valence-electron chi connectivity index (χ0n) is 16.3. The second-order valence-corrected chi connectivity index (χ2v) is 9.55. The molecule has 0 radical (unpaired) electrons. The SMILES string of the molecule is CC(=O)C1=C(C)NC(SCC(=O)Nc2nnc(C)s2)=C(C#N)C1c1sccc1C. The number of nitrogens with one attached hydrogen (secondary N) is 2. The van der Waals surface area contributed by atoms with Crippen LogP contribution in [0.4, 0.5) is 5.13 Å². The number of carbonyl (C=O) groups is 2. The fourth-order valence-corrected chi connectivity index (χ4v) is 5.62. The Morgan fingerprint density at radius 2 is 2.10 bits per heavy atom. The van der Waals surface area contributed by atoms with Gasteiger partial charge in [-0.15, -0.1) is 21.5 Å². The molecule has 0 fully saturated rings. The number of aromatic nitrogens is 2. The van der Waals surface area contributed by atoms with E-state index in [2.05, 4.69) is 26.9 Å². The van der Waals surface area contributed by atoms with Crippen molar-refractivity contribution in [3.05, 3.63) is 48.8 Å². The third-order valence-electron chi connectivity index (χ3n) is 4.31. The molecule has 1 unspecified atom stereocenters. The maximum Gasteiger partial charge on any atom is 0.236 e. The van der Waals surface area contributed by atoms with Crippen LogP contribution in [0, 0.1) is 25.2 Å². The number of aryl methyl sites for hydroxylation is 2. The molecule has 1 aliphatic rings. The molecule has 2 aromatic heterocycles. The first-order valence-electron chi connectivity index (χ1n) is 8.71. The van der Waals surface area contributed by atoms with Gasteiger partial charge in [0.15, 0.2) is 5.78 Å². The van der Waals surface area contributed by atoms with E-state index in [4.69, 9.17) is 0 Å². The number of thiophene rings is 1. The van der Waals surface area contributed by atoms with E-state index in [1.807, 2.05) is 32.2 Å². The van der Waals surface area contributed by atoms with Gasteiger partial charge in [0.05, 0.1) is 28.3 Å². The zero-order chi connectivity index (χ0) is 21.1. The van der Waals surface area contributed by atoms with Crippen LogP contribution in [0.15, 0.2) is 33.3 Å². The Morgan fingerprint density at radius 1 is 1.34 bits per heavy atom. The van der Waals surface area contributed by atoms with Crippen LogP contribution in [0.2, 0.25) is 0 Å². The molecule has 2 N–H and O–H groups in total. The average molecular weight is 446 g/mol. The van der Waals surface area contributed by atoms with E-state index in [-0.39, 0.29) is 17.4 Å². The van der Waals surface area contributed by atoms with Crippen molar-refractivity contribution in [1.82, 2.24) is 15.5 Å². The van der Waals surface area contributed by atoms with Crippen molar-refractivity contribution in [2.24, 2.45) is 0 Å². The number of hydrogen-bond acceptors (Lipinski definition) is 9. The molecular formula is C19H19N5O2S3. The largest absolute Gasteiger partial charge is 0.353 e. The minimum absolute atomic E-state index is 0.0750. The molecule has 3 heterocycles. The molecule has 2 aromatic rings. The van der Waals surface area contributed by atoms with Crippen molar-refractivity contribution in [3.63, 3.8) is 0 Å². The Morgan fingerprint density at radius 3 is 2.66 bits per heavy atom. The fraction of sp³-hybridized carbons (Fsp3) is 0.316. The normalized spacial score (nSPS) is 16.4. The van der Waals surface area contributed by atoms with Crippen molar-refractivity contribution < 1.29 is 9.59 Å². The summed E-state index contributed by atoms with van der Waals surface area (Å²) >= 11 is 4.06. The number of hydrogen-bond donors (Lipinski definition) is 2. The molecule has 10 heteroatoms. The summed E-state index contributed by atoms with van der Waals surface area (Å²) < 4.78 is 0. The van der Waals surface area contributed by atoms with E-state index >= 15 is 0 Å².